The Bertz CT molecular complexity index is 413. The minimum Gasteiger partial charge on any atom is -0.493 e. The summed E-state index contributed by atoms with van der Waals surface area (Å²) in [4.78, 5) is 0.0482. The summed E-state index contributed by atoms with van der Waals surface area (Å²) in [5, 5.41) is 3.34. The highest BCUT2D eigenvalue weighted by Crippen LogP contribution is 2.27. The Morgan fingerprint density at radius 3 is 2.50 bits per heavy atom. The summed E-state index contributed by atoms with van der Waals surface area (Å²) < 4.78 is 32.6. The van der Waals surface area contributed by atoms with E-state index >= 15 is 0 Å². The van der Waals surface area contributed by atoms with Crippen molar-refractivity contribution in [3.8, 4) is 5.75 Å². The fourth-order valence-corrected chi connectivity index (χ4v) is 3.06. The van der Waals surface area contributed by atoms with Crippen LogP contribution in [-0.4, -0.2) is 26.0 Å². The molecular weight excluding hydrogens is 280 g/mol. The average molecular weight is 301 g/mol. The van der Waals surface area contributed by atoms with Gasteiger partial charge in [-0.15, -0.1) is 11.8 Å². The first-order chi connectivity index (χ1) is 9.70. The lowest BCUT2D eigenvalue weighted by Gasteiger charge is -2.22. The highest BCUT2D eigenvalue weighted by Gasteiger charge is 2.13. The van der Waals surface area contributed by atoms with Crippen molar-refractivity contribution < 1.29 is 13.5 Å². The van der Waals surface area contributed by atoms with E-state index in [1.54, 1.807) is 6.26 Å². The minimum absolute atomic E-state index is 0.0482. The maximum atomic E-state index is 13.6. The van der Waals surface area contributed by atoms with E-state index in [1.165, 1.54) is 25.0 Å². The van der Waals surface area contributed by atoms with Crippen molar-refractivity contribution in [2.24, 2.45) is 5.92 Å². The van der Waals surface area contributed by atoms with Gasteiger partial charge in [0.25, 0.3) is 0 Å². The van der Waals surface area contributed by atoms with Gasteiger partial charge in [0.05, 0.1) is 11.5 Å². The lowest BCUT2D eigenvalue weighted by molar-refractivity contribution is 0.271. The molecule has 0 saturated carbocycles. The molecule has 1 aliphatic rings. The second-order valence-corrected chi connectivity index (χ2v) is 5.92. The fraction of sp³-hybridized carbons (Fsp3) is 0.600. The number of thioether (sulfide) groups is 1. The van der Waals surface area contributed by atoms with E-state index in [4.69, 9.17) is 4.74 Å². The van der Waals surface area contributed by atoms with Crippen molar-refractivity contribution in [1.29, 1.82) is 0 Å². The molecule has 1 aliphatic heterocycles. The van der Waals surface area contributed by atoms with E-state index < -0.39 is 11.6 Å². The Morgan fingerprint density at radius 1 is 1.25 bits per heavy atom. The lowest BCUT2D eigenvalue weighted by Crippen LogP contribution is -2.27. The Labute approximate surface area is 123 Å². The van der Waals surface area contributed by atoms with Crippen LogP contribution in [0, 0.1) is 17.6 Å². The number of ether oxygens (including phenoxy) is 1. The first-order valence-corrected chi connectivity index (χ1v) is 8.29. The molecule has 20 heavy (non-hydrogen) atoms. The van der Waals surface area contributed by atoms with E-state index in [0.29, 0.717) is 6.61 Å². The summed E-state index contributed by atoms with van der Waals surface area (Å²) in [7, 11) is 0. The molecular formula is C15H21F2NOS. The molecule has 1 N–H and O–H groups in total. The summed E-state index contributed by atoms with van der Waals surface area (Å²) in [6.45, 7) is 2.71. The second-order valence-electron chi connectivity index (χ2n) is 5.10. The summed E-state index contributed by atoms with van der Waals surface area (Å²) in [6.07, 6.45) is 6.13. The molecule has 1 heterocycles. The van der Waals surface area contributed by atoms with E-state index in [-0.39, 0.29) is 10.6 Å². The number of nitrogens with one attached hydrogen (secondary N) is 1. The average Bonchev–Trinajstić information content (AvgIpc) is 2.44. The van der Waals surface area contributed by atoms with Crippen molar-refractivity contribution in [3.05, 3.63) is 23.8 Å². The Morgan fingerprint density at radius 2 is 1.90 bits per heavy atom. The monoisotopic (exact) mass is 301 g/mol. The van der Waals surface area contributed by atoms with Crippen LogP contribution in [0.4, 0.5) is 8.78 Å². The van der Waals surface area contributed by atoms with Crippen LogP contribution in [0.25, 0.3) is 0 Å². The van der Waals surface area contributed by atoms with Crippen LogP contribution in [0.1, 0.15) is 25.7 Å². The molecule has 1 fully saturated rings. The van der Waals surface area contributed by atoms with Crippen LogP contribution < -0.4 is 10.1 Å². The highest BCUT2D eigenvalue weighted by atomic mass is 32.2. The number of piperidine rings is 1. The zero-order valence-electron chi connectivity index (χ0n) is 11.8. The molecule has 0 radical (unpaired) electrons. The molecule has 0 spiro atoms. The van der Waals surface area contributed by atoms with Gasteiger partial charge in [0.1, 0.15) is 17.4 Å². The van der Waals surface area contributed by atoms with E-state index in [9.17, 15) is 8.78 Å². The number of benzene rings is 1. The predicted octanol–water partition coefficient (Wildman–Crippen LogP) is 3.85. The third-order valence-electron chi connectivity index (χ3n) is 3.66. The first-order valence-electron chi connectivity index (χ1n) is 7.07. The minimum atomic E-state index is -0.550. The van der Waals surface area contributed by atoms with E-state index in [0.717, 1.165) is 43.6 Å². The molecule has 5 heteroatoms. The van der Waals surface area contributed by atoms with Crippen LogP contribution >= 0.6 is 11.8 Å². The van der Waals surface area contributed by atoms with Gasteiger partial charge in [0.15, 0.2) is 0 Å². The fourth-order valence-electron chi connectivity index (χ4n) is 2.55. The number of hydrogen-bond donors (Lipinski definition) is 1. The van der Waals surface area contributed by atoms with Crippen molar-refractivity contribution in [2.75, 3.05) is 26.0 Å². The molecule has 0 bridgehead atoms. The van der Waals surface area contributed by atoms with Crippen LogP contribution in [0.15, 0.2) is 17.0 Å². The zero-order valence-corrected chi connectivity index (χ0v) is 12.6. The smallest absolute Gasteiger partial charge is 0.143 e. The summed E-state index contributed by atoms with van der Waals surface area (Å²) in [5.41, 5.74) is 0. The number of hydrogen-bond acceptors (Lipinski definition) is 3. The summed E-state index contributed by atoms with van der Waals surface area (Å²) in [5.74, 6) is -0.0630. The SMILES string of the molecule is CSc1c(F)cc(OCCCC2CCNCC2)cc1F. The van der Waals surface area contributed by atoms with Gasteiger partial charge in [-0.2, -0.15) is 0 Å². The van der Waals surface area contributed by atoms with Gasteiger partial charge in [0.2, 0.25) is 0 Å². The molecule has 0 aromatic heterocycles. The highest BCUT2D eigenvalue weighted by molar-refractivity contribution is 7.98. The van der Waals surface area contributed by atoms with Crippen LogP contribution in [-0.2, 0) is 0 Å². The van der Waals surface area contributed by atoms with Gasteiger partial charge in [-0.05, 0) is 50.9 Å². The van der Waals surface area contributed by atoms with Crippen molar-refractivity contribution >= 4 is 11.8 Å². The predicted molar refractivity (Wildman–Crippen MR) is 78.5 cm³/mol. The van der Waals surface area contributed by atoms with Gasteiger partial charge in [-0.3, -0.25) is 0 Å². The molecule has 1 aromatic rings. The molecule has 0 amide bonds. The Hall–Kier alpha value is -0.810. The van der Waals surface area contributed by atoms with Crippen molar-refractivity contribution in [1.82, 2.24) is 5.32 Å². The normalized spacial score (nSPS) is 16.4. The Balaban J connectivity index is 1.76. The molecule has 0 unspecified atom stereocenters. The number of rotatable bonds is 6. The van der Waals surface area contributed by atoms with Crippen LogP contribution in [0.5, 0.6) is 5.75 Å². The molecule has 2 nitrogen and oxygen atoms in total. The summed E-state index contributed by atoms with van der Waals surface area (Å²) in [6, 6.07) is 2.53. The van der Waals surface area contributed by atoms with E-state index in [2.05, 4.69) is 5.32 Å². The molecule has 1 saturated heterocycles. The topological polar surface area (TPSA) is 21.3 Å². The van der Waals surface area contributed by atoms with Crippen molar-refractivity contribution in [2.45, 2.75) is 30.6 Å². The molecule has 1 aromatic carbocycles. The summed E-state index contributed by atoms with van der Waals surface area (Å²) >= 11 is 1.07. The largest absolute Gasteiger partial charge is 0.493 e. The molecule has 112 valence electrons. The quantitative estimate of drug-likeness (QED) is 0.637. The molecule has 0 atom stereocenters. The van der Waals surface area contributed by atoms with Crippen LogP contribution in [0.2, 0.25) is 0 Å². The second kappa shape index (κ2) is 7.84. The van der Waals surface area contributed by atoms with Crippen molar-refractivity contribution in [3.63, 3.8) is 0 Å². The molecule has 2 rings (SSSR count). The first kappa shape index (κ1) is 15.6. The van der Waals surface area contributed by atoms with Gasteiger partial charge in [0, 0.05) is 12.1 Å². The Kier molecular flexibility index (Phi) is 6.10. The number of halogens is 2. The lowest BCUT2D eigenvalue weighted by atomic mass is 9.93. The van der Waals surface area contributed by atoms with Crippen LogP contribution in [0.3, 0.4) is 0 Å². The van der Waals surface area contributed by atoms with Gasteiger partial charge in [-0.25, -0.2) is 8.78 Å². The molecule has 0 aliphatic carbocycles. The van der Waals surface area contributed by atoms with Gasteiger partial charge in [-0.1, -0.05) is 0 Å². The third kappa shape index (κ3) is 4.35. The maximum absolute atomic E-state index is 13.6. The van der Waals surface area contributed by atoms with Gasteiger partial charge < -0.3 is 10.1 Å². The van der Waals surface area contributed by atoms with Gasteiger partial charge >= 0.3 is 0 Å². The third-order valence-corrected chi connectivity index (χ3v) is 4.46. The standard InChI is InChI=1S/C15H21F2NOS/c1-20-15-13(16)9-12(10-14(15)17)19-8-2-3-11-4-6-18-7-5-11/h9-11,18H,2-8H2,1H3. The van der Waals surface area contributed by atoms with E-state index in [1.807, 2.05) is 0 Å². The maximum Gasteiger partial charge on any atom is 0.143 e. The zero-order chi connectivity index (χ0) is 14.4.